The topological polar surface area (TPSA) is 89.4 Å². The van der Waals surface area contributed by atoms with Gasteiger partial charge in [0.2, 0.25) is 11.7 Å². The van der Waals surface area contributed by atoms with Crippen molar-refractivity contribution < 1.29 is 18.8 Å². The summed E-state index contributed by atoms with van der Waals surface area (Å²) in [4.78, 5) is 14.6. The highest BCUT2D eigenvalue weighted by Crippen LogP contribution is 2.21. The Kier molecular flexibility index (Phi) is 2.03. The van der Waals surface area contributed by atoms with Crippen LogP contribution < -0.4 is 0 Å². The van der Waals surface area contributed by atoms with E-state index in [0.717, 1.165) is 0 Å². The summed E-state index contributed by atoms with van der Waals surface area (Å²) in [5.74, 6) is -0.559. The number of hydrogen-bond acceptors (Lipinski definition) is 5. The fourth-order valence-corrected chi connectivity index (χ4v) is 1.17. The van der Waals surface area contributed by atoms with Crippen molar-refractivity contribution in [3.63, 3.8) is 0 Å². The van der Waals surface area contributed by atoms with Crippen LogP contribution in [-0.2, 0) is 0 Å². The molecule has 2 aromatic heterocycles. The Morgan fingerprint density at radius 2 is 2.20 bits per heavy atom. The van der Waals surface area contributed by atoms with E-state index in [-0.39, 0.29) is 11.7 Å². The zero-order chi connectivity index (χ0) is 11.0. The van der Waals surface area contributed by atoms with Crippen molar-refractivity contribution in [1.29, 1.82) is 0 Å². The number of carboxylic acids is 1. The number of nitrogens with zero attached hydrogens (tertiary/aromatic N) is 2. The van der Waals surface area contributed by atoms with Gasteiger partial charge in [-0.15, -0.1) is 0 Å². The van der Waals surface area contributed by atoms with Gasteiger partial charge in [-0.25, -0.2) is 9.78 Å². The predicted molar refractivity (Wildman–Crippen MR) is 48.4 cm³/mol. The molecule has 0 amide bonds. The van der Waals surface area contributed by atoms with Crippen molar-refractivity contribution in [3.05, 3.63) is 23.3 Å². The van der Waals surface area contributed by atoms with Crippen LogP contribution in [0.3, 0.4) is 0 Å². The van der Waals surface area contributed by atoms with E-state index in [9.17, 15) is 4.79 Å². The van der Waals surface area contributed by atoms with Crippen LogP contribution in [0.2, 0.25) is 0 Å². The Bertz CT molecular complexity index is 512. The van der Waals surface area contributed by atoms with Crippen molar-refractivity contribution in [2.75, 3.05) is 0 Å². The Balaban J connectivity index is 2.46. The van der Waals surface area contributed by atoms with E-state index in [0.29, 0.717) is 17.1 Å². The van der Waals surface area contributed by atoms with E-state index in [4.69, 9.17) is 14.0 Å². The summed E-state index contributed by atoms with van der Waals surface area (Å²) in [6, 6.07) is 1.62. The summed E-state index contributed by atoms with van der Waals surface area (Å²) >= 11 is 0. The molecule has 2 aromatic rings. The van der Waals surface area contributed by atoms with E-state index in [1.807, 2.05) is 0 Å². The molecule has 6 heteroatoms. The number of oxazole rings is 1. The Morgan fingerprint density at radius 3 is 2.67 bits per heavy atom. The van der Waals surface area contributed by atoms with E-state index in [1.165, 1.54) is 0 Å². The number of aromatic nitrogens is 2. The van der Waals surface area contributed by atoms with Crippen LogP contribution in [-0.4, -0.2) is 21.2 Å². The summed E-state index contributed by atoms with van der Waals surface area (Å²) in [7, 11) is 0. The number of aryl methyl sites for hydroxylation is 2. The first-order chi connectivity index (χ1) is 7.08. The van der Waals surface area contributed by atoms with Gasteiger partial charge < -0.3 is 14.0 Å². The lowest BCUT2D eigenvalue weighted by atomic mass is 10.4. The minimum absolute atomic E-state index is 0.154. The molecule has 15 heavy (non-hydrogen) atoms. The fourth-order valence-electron chi connectivity index (χ4n) is 1.17. The highest BCUT2D eigenvalue weighted by molar-refractivity contribution is 5.85. The molecular weight excluding hydrogens is 200 g/mol. The molecule has 2 heterocycles. The summed E-state index contributed by atoms with van der Waals surface area (Å²) in [5, 5.41) is 12.4. The first-order valence-electron chi connectivity index (χ1n) is 4.22. The van der Waals surface area contributed by atoms with Gasteiger partial charge in [0.25, 0.3) is 0 Å². The van der Waals surface area contributed by atoms with Gasteiger partial charge in [0.15, 0.2) is 5.69 Å². The zero-order valence-corrected chi connectivity index (χ0v) is 8.14. The smallest absolute Gasteiger partial charge is 0.373 e. The third kappa shape index (κ3) is 1.61. The number of carboxylic acid groups (broad SMARTS) is 1. The lowest BCUT2D eigenvalue weighted by Crippen LogP contribution is -1.95. The van der Waals surface area contributed by atoms with Crippen LogP contribution >= 0.6 is 0 Å². The second-order valence-electron chi connectivity index (χ2n) is 3.06. The second-order valence-corrected chi connectivity index (χ2v) is 3.06. The molecule has 0 saturated heterocycles. The number of rotatable bonds is 2. The minimum Gasteiger partial charge on any atom is -0.475 e. The monoisotopic (exact) mass is 208 g/mol. The van der Waals surface area contributed by atoms with Gasteiger partial charge >= 0.3 is 5.97 Å². The van der Waals surface area contributed by atoms with Crippen LogP contribution in [0.15, 0.2) is 15.0 Å². The number of hydrogen-bond donors (Lipinski definition) is 1. The van der Waals surface area contributed by atoms with Crippen molar-refractivity contribution >= 4 is 5.97 Å². The third-order valence-electron chi connectivity index (χ3n) is 1.84. The highest BCUT2D eigenvalue weighted by Gasteiger charge is 2.18. The van der Waals surface area contributed by atoms with Crippen LogP contribution in [0.25, 0.3) is 11.6 Å². The molecule has 78 valence electrons. The lowest BCUT2D eigenvalue weighted by molar-refractivity contribution is 0.0662. The third-order valence-corrected chi connectivity index (χ3v) is 1.84. The molecule has 0 fully saturated rings. The average Bonchev–Trinajstić information content (AvgIpc) is 2.71. The molecule has 0 aliphatic carbocycles. The largest absolute Gasteiger partial charge is 0.475 e. The average molecular weight is 208 g/mol. The van der Waals surface area contributed by atoms with E-state index in [1.54, 1.807) is 19.9 Å². The summed E-state index contributed by atoms with van der Waals surface area (Å²) < 4.78 is 9.87. The standard InChI is InChI=1S/C9H8N2O4/c1-4-3-6(11-15-4)8-10-5(2)7(14-8)9(12)13/h3H,1-2H3,(H,12,13). The molecular formula is C9H8N2O4. The first kappa shape index (κ1) is 9.45. The van der Waals surface area contributed by atoms with Crippen molar-refractivity contribution in [3.8, 4) is 11.6 Å². The molecule has 0 unspecified atom stereocenters. The molecule has 1 N–H and O–H groups in total. The van der Waals surface area contributed by atoms with Gasteiger partial charge in [0.05, 0.1) is 5.69 Å². The van der Waals surface area contributed by atoms with Crippen LogP contribution in [0, 0.1) is 13.8 Å². The van der Waals surface area contributed by atoms with Crippen molar-refractivity contribution in [2.45, 2.75) is 13.8 Å². The summed E-state index contributed by atoms with van der Waals surface area (Å²) in [6.45, 7) is 3.29. The minimum atomic E-state index is -1.15. The predicted octanol–water partition coefficient (Wildman–Crippen LogP) is 1.64. The summed E-state index contributed by atoms with van der Waals surface area (Å²) in [5.41, 5.74) is 0.709. The van der Waals surface area contributed by atoms with Gasteiger partial charge in [0, 0.05) is 6.07 Å². The van der Waals surface area contributed by atoms with Gasteiger partial charge in [-0.1, -0.05) is 5.16 Å². The van der Waals surface area contributed by atoms with Crippen LogP contribution in [0.4, 0.5) is 0 Å². The molecule has 0 saturated carbocycles. The van der Waals surface area contributed by atoms with Gasteiger partial charge in [-0.05, 0) is 13.8 Å². The Labute approximate surface area is 84.5 Å². The highest BCUT2D eigenvalue weighted by atomic mass is 16.5. The van der Waals surface area contributed by atoms with Crippen molar-refractivity contribution in [2.24, 2.45) is 0 Å². The SMILES string of the molecule is Cc1cc(-c2nc(C)c(C(=O)O)o2)no1. The van der Waals surface area contributed by atoms with Crippen LogP contribution in [0.1, 0.15) is 22.0 Å². The Morgan fingerprint density at radius 1 is 1.47 bits per heavy atom. The fraction of sp³-hybridized carbons (Fsp3) is 0.222. The van der Waals surface area contributed by atoms with Gasteiger partial charge in [-0.3, -0.25) is 0 Å². The quantitative estimate of drug-likeness (QED) is 0.806. The molecule has 0 atom stereocenters. The molecule has 0 aliphatic heterocycles. The maximum absolute atomic E-state index is 10.7. The number of aromatic carboxylic acids is 1. The van der Waals surface area contributed by atoms with Gasteiger partial charge in [0.1, 0.15) is 5.76 Å². The first-order valence-corrected chi connectivity index (χ1v) is 4.22. The molecule has 0 spiro atoms. The zero-order valence-electron chi connectivity index (χ0n) is 8.14. The van der Waals surface area contributed by atoms with E-state index < -0.39 is 5.97 Å². The molecule has 6 nitrogen and oxygen atoms in total. The normalized spacial score (nSPS) is 10.5. The maximum atomic E-state index is 10.7. The van der Waals surface area contributed by atoms with Crippen molar-refractivity contribution in [1.82, 2.24) is 10.1 Å². The molecule has 0 radical (unpaired) electrons. The molecule has 2 rings (SSSR count). The Hall–Kier alpha value is -2.11. The molecule has 0 bridgehead atoms. The van der Waals surface area contributed by atoms with E-state index >= 15 is 0 Å². The maximum Gasteiger partial charge on any atom is 0.373 e. The summed E-state index contributed by atoms with van der Waals surface area (Å²) in [6.07, 6.45) is 0. The molecule has 0 aromatic carbocycles. The van der Waals surface area contributed by atoms with Crippen LogP contribution in [0.5, 0.6) is 0 Å². The molecule has 0 aliphatic rings. The lowest BCUT2D eigenvalue weighted by Gasteiger charge is -1.85. The van der Waals surface area contributed by atoms with E-state index in [2.05, 4.69) is 10.1 Å². The van der Waals surface area contributed by atoms with Gasteiger partial charge in [-0.2, -0.15) is 0 Å². The second kappa shape index (κ2) is 3.23. The number of carbonyl (C=O) groups is 1.